The molecule has 0 radical (unpaired) electrons. The molecule has 0 spiro atoms. The smallest absolute Gasteiger partial charge is 0.194 e. The minimum absolute atomic E-state index is 0. The minimum Gasteiger partial charge on any atom is -0.326 e. The van der Waals surface area contributed by atoms with E-state index in [-0.39, 0.29) is 10.2 Å². The fourth-order valence-corrected chi connectivity index (χ4v) is 0. The Morgan fingerprint density at radius 3 is 1.44 bits per heavy atom. The van der Waals surface area contributed by atoms with E-state index in [0.717, 1.165) is 0 Å². The highest BCUT2D eigenvalue weighted by Gasteiger charge is 1.95. The normalized spacial score (nSPS) is 9.56. The molecule has 0 bridgehead atoms. The number of carbonyl (C=O) groups is 1. The van der Waals surface area contributed by atoms with Crippen molar-refractivity contribution in [3.8, 4) is 0 Å². The predicted octanol–water partition coefficient (Wildman–Crippen LogP) is 1.67. The maximum Gasteiger partial charge on any atom is 0.194 e. The van der Waals surface area contributed by atoms with Gasteiger partial charge in [-0.3, -0.25) is 4.79 Å². The number of nitrogens with two attached hydrogens (primary N) is 1. The van der Waals surface area contributed by atoms with Crippen LogP contribution in [-0.2, 0) is 4.79 Å². The predicted molar refractivity (Wildman–Crippen MR) is 43.5 cm³/mol. The summed E-state index contributed by atoms with van der Waals surface area (Å²) in [7, 11) is 0. The summed E-state index contributed by atoms with van der Waals surface area (Å²) >= 11 is 2.63. The largest absolute Gasteiger partial charge is 0.326 e. The minimum atomic E-state index is -0.0208. The first kappa shape index (κ1) is 11.9. The van der Waals surface area contributed by atoms with Crippen LogP contribution in [-0.4, -0.2) is 10.2 Å². The lowest BCUT2D eigenvalue weighted by Gasteiger charge is -2.06. The van der Waals surface area contributed by atoms with Crippen LogP contribution in [0, 0.1) is 0 Å². The van der Waals surface area contributed by atoms with E-state index in [1.807, 2.05) is 20.8 Å². The SMILES string of the molecule is CC(=O)Br.CC(C)(C)N. The second kappa shape index (κ2) is 4.94. The molecule has 0 saturated heterocycles. The van der Waals surface area contributed by atoms with Crippen molar-refractivity contribution in [3.05, 3.63) is 0 Å². The molecule has 0 saturated carbocycles. The highest BCUT2D eigenvalue weighted by Crippen LogP contribution is 1.88. The zero-order valence-electron chi connectivity index (χ0n) is 6.36. The molecule has 2 nitrogen and oxygen atoms in total. The topological polar surface area (TPSA) is 43.1 Å². The molecule has 0 aromatic carbocycles. The number of carbonyl (C=O) groups excluding carboxylic acids is 1. The Hall–Kier alpha value is 0.110. The van der Waals surface area contributed by atoms with Crippen molar-refractivity contribution in [2.45, 2.75) is 33.2 Å². The molecule has 0 heterocycles. The van der Waals surface area contributed by atoms with Crippen molar-refractivity contribution in [2.24, 2.45) is 5.73 Å². The summed E-state index contributed by atoms with van der Waals surface area (Å²) in [5.41, 5.74) is 5.35. The van der Waals surface area contributed by atoms with Crippen molar-refractivity contribution in [2.75, 3.05) is 0 Å². The fourth-order valence-electron chi connectivity index (χ4n) is 0. The molecule has 2 N–H and O–H groups in total. The Morgan fingerprint density at radius 2 is 1.44 bits per heavy atom. The van der Waals surface area contributed by atoms with Crippen molar-refractivity contribution < 1.29 is 4.79 Å². The number of rotatable bonds is 0. The Balaban J connectivity index is 0. The molecule has 0 aromatic heterocycles. The summed E-state index contributed by atoms with van der Waals surface area (Å²) in [6.07, 6.45) is 0. The summed E-state index contributed by atoms with van der Waals surface area (Å²) < 4.78 is -0.0208. The molecule has 0 rings (SSSR count). The highest BCUT2D eigenvalue weighted by atomic mass is 79.9. The molecular weight excluding hydrogens is 182 g/mol. The van der Waals surface area contributed by atoms with Gasteiger partial charge in [0, 0.05) is 12.5 Å². The van der Waals surface area contributed by atoms with E-state index >= 15 is 0 Å². The molecule has 0 unspecified atom stereocenters. The van der Waals surface area contributed by atoms with Gasteiger partial charge in [0.25, 0.3) is 0 Å². The van der Waals surface area contributed by atoms with Gasteiger partial charge in [-0.1, -0.05) is 0 Å². The van der Waals surface area contributed by atoms with E-state index in [1.165, 1.54) is 6.92 Å². The first-order valence-corrected chi connectivity index (χ1v) is 3.47. The summed E-state index contributed by atoms with van der Waals surface area (Å²) in [5.74, 6) is 0. The molecule has 0 aliphatic carbocycles. The average Bonchev–Trinajstić information content (AvgIpc) is 1.19. The molecule has 0 atom stereocenters. The van der Waals surface area contributed by atoms with E-state index < -0.39 is 0 Å². The molecular formula is C6H14BrNO. The third-order valence-electron chi connectivity index (χ3n) is 0. The van der Waals surface area contributed by atoms with Gasteiger partial charge < -0.3 is 5.73 Å². The second-order valence-electron chi connectivity index (χ2n) is 2.84. The van der Waals surface area contributed by atoms with Crippen LogP contribution in [0.15, 0.2) is 0 Å². The van der Waals surface area contributed by atoms with E-state index in [2.05, 4.69) is 15.9 Å². The van der Waals surface area contributed by atoms with Crippen molar-refractivity contribution in [1.29, 1.82) is 0 Å². The van der Waals surface area contributed by atoms with Crippen LogP contribution in [0.1, 0.15) is 27.7 Å². The number of halogens is 1. The van der Waals surface area contributed by atoms with Crippen LogP contribution in [0.3, 0.4) is 0 Å². The van der Waals surface area contributed by atoms with E-state index in [9.17, 15) is 4.79 Å². The first-order chi connectivity index (χ1) is 3.73. The van der Waals surface area contributed by atoms with Gasteiger partial charge in [-0.15, -0.1) is 0 Å². The summed E-state index contributed by atoms with van der Waals surface area (Å²) in [5, 5.41) is 0. The van der Waals surface area contributed by atoms with Crippen LogP contribution in [0.25, 0.3) is 0 Å². The third-order valence-corrected chi connectivity index (χ3v) is 0. The molecule has 0 amide bonds. The molecule has 0 aliphatic rings. The fraction of sp³-hybridized carbons (Fsp3) is 0.833. The molecule has 0 aliphatic heterocycles. The lowest BCUT2D eigenvalue weighted by Crippen LogP contribution is -2.26. The second-order valence-corrected chi connectivity index (χ2v) is 3.95. The van der Waals surface area contributed by atoms with Gasteiger partial charge in [-0.25, -0.2) is 0 Å². The van der Waals surface area contributed by atoms with E-state index in [1.54, 1.807) is 0 Å². The Kier molecular flexibility index (Phi) is 6.51. The van der Waals surface area contributed by atoms with Gasteiger partial charge in [0.05, 0.1) is 0 Å². The lowest BCUT2D eigenvalue weighted by atomic mass is 10.1. The van der Waals surface area contributed by atoms with Crippen LogP contribution in [0.5, 0.6) is 0 Å². The maximum atomic E-state index is 9.36. The molecule has 9 heavy (non-hydrogen) atoms. The third kappa shape index (κ3) is 25000. The number of hydrogen-bond donors (Lipinski definition) is 1. The monoisotopic (exact) mass is 195 g/mol. The molecule has 0 fully saturated rings. The highest BCUT2D eigenvalue weighted by molar-refractivity contribution is 9.18. The van der Waals surface area contributed by atoms with Crippen LogP contribution in [0.4, 0.5) is 0 Å². The van der Waals surface area contributed by atoms with Gasteiger partial charge in [-0.05, 0) is 36.7 Å². The summed E-state index contributed by atoms with van der Waals surface area (Å²) in [6.45, 7) is 7.34. The average molecular weight is 196 g/mol. The van der Waals surface area contributed by atoms with Crippen molar-refractivity contribution in [1.82, 2.24) is 0 Å². The van der Waals surface area contributed by atoms with Gasteiger partial charge in [0.1, 0.15) is 0 Å². The van der Waals surface area contributed by atoms with Crippen LogP contribution in [0.2, 0.25) is 0 Å². The van der Waals surface area contributed by atoms with E-state index in [0.29, 0.717) is 0 Å². The summed E-state index contributed by atoms with van der Waals surface area (Å²) in [6, 6.07) is 0. The van der Waals surface area contributed by atoms with Crippen molar-refractivity contribution >= 4 is 20.6 Å². The summed E-state index contributed by atoms with van der Waals surface area (Å²) in [4.78, 5) is 9.36. The molecule has 56 valence electrons. The molecule has 3 heteroatoms. The lowest BCUT2D eigenvalue weighted by molar-refractivity contribution is -0.108. The van der Waals surface area contributed by atoms with Gasteiger partial charge in [0.15, 0.2) is 4.69 Å². The maximum absolute atomic E-state index is 9.36. The zero-order valence-corrected chi connectivity index (χ0v) is 7.95. The number of hydrogen-bond acceptors (Lipinski definition) is 2. The van der Waals surface area contributed by atoms with Gasteiger partial charge in [-0.2, -0.15) is 0 Å². The zero-order chi connectivity index (χ0) is 8.08. The van der Waals surface area contributed by atoms with Crippen molar-refractivity contribution in [3.63, 3.8) is 0 Å². The Morgan fingerprint density at radius 1 is 1.44 bits per heavy atom. The quantitative estimate of drug-likeness (QED) is 0.599. The van der Waals surface area contributed by atoms with Gasteiger partial charge in [0.2, 0.25) is 0 Å². The Labute approximate surface area is 64.9 Å². The first-order valence-electron chi connectivity index (χ1n) is 2.68. The van der Waals surface area contributed by atoms with Crippen LogP contribution >= 0.6 is 15.9 Å². The Bertz CT molecular complexity index is 75.5. The van der Waals surface area contributed by atoms with Crippen LogP contribution < -0.4 is 5.73 Å². The van der Waals surface area contributed by atoms with E-state index in [4.69, 9.17) is 5.73 Å². The standard InChI is InChI=1S/C4H11N.C2H3BrO/c1-4(2,3)5;1-2(3)4/h5H2,1-3H3;1H3. The van der Waals surface area contributed by atoms with Gasteiger partial charge >= 0.3 is 0 Å². The molecule has 0 aromatic rings.